The molecule has 0 unspecified atom stereocenters. The molecule has 5 nitrogen and oxygen atoms in total. The number of hydrogen-bond acceptors (Lipinski definition) is 6. The van der Waals surface area contributed by atoms with E-state index in [0.29, 0.717) is 22.6 Å². The first-order valence-electron chi connectivity index (χ1n) is 8.02. The Morgan fingerprint density at radius 1 is 0.960 bits per heavy atom. The van der Waals surface area contributed by atoms with Crippen molar-refractivity contribution in [3.05, 3.63) is 54.1 Å². The van der Waals surface area contributed by atoms with Crippen molar-refractivity contribution < 1.29 is 13.9 Å². The van der Waals surface area contributed by atoms with Crippen LogP contribution in [0.15, 0.2) is 58.2 Å². The van der Waals surface area contributed by atoms with Crippen molar-refractivity contribution in [1.29, 1.82) is 0 Å². The van der Waals surface area contributed by atoms with Crippen LogP contribution in [-0.4, -0.2) is 30.2 Å². The Morgan fingerprint density at radius 3 is 2.36 bits per heavy atom. The molecule has 0 aliphatic carbocycles. The lowest BCUT2D eigenvalue weighted by Gasteiger charge is -2.05. The van der Waals surface area contributed by atoms with Crippen LogP contribution in [0.2, 0.25) is 0 Å². The summed E-state index contributed by atoms with van der Waals surface area (Å²) in [5.74, 6) is 2.76. The summed E-state index contributed by atoms with van der Waals surface area (Å²) in [7, 11) is 3.22. The van der Waals surface area contributed by atoms with E-state index in [-0.39, 0.29) is 0 Å². The predicted molar refractivity (Wildman–Crippen MR) is 98.3 cm³/mol. The largest absolute Gasteiger partial charge is 0.497 e. The molecule has 0 saturated heterocycles. The molecule has 3 aromatic rings. The van der Waals surface area contributed by atoms with E-state index in [1.54, 1.807) is 32.0 Å². The Bertz CT molecular complexity index is 783. The van der Waals surface area contributed by atoms with Gasteiger partial charge in [-0.15, -0.1) is 10.2 Å². The topological polar surface area (TPSA) is 57.4 Å². The van der Waals surface area contributed by atoms with Crippen molar-refractivity contribution in [2.24, 2.45) is 0 Å². The van der Waals surface area contributed by atoms with Crippen LogP contribution in [0.1, 0.15) is 12.0 Å². The Morgan fingerprint density at radius 2 is 1.68 bits per heavy atom. The molecular formula is C19H20N2O3S. The SMILES string of the molecule is COc1cc(OC)cc(-c2nnc(SCCCc3ccccc3)o2)c1. The van der Waals surface area contributed by atoms with Crippen LogP contribution in [0.25, 0.3) is 11.5 Å². The molecular weight excluding hydrogens is 336 g/mol. The highest BCUT2D eigenvalue weighted by molar-refractivity contribution is 7.99. The van der Waals surface area contributed by atoms with Gasteiger partial charge in [-0.3, -0.25) is 0 Å². The summed E-state index contributed by atoms with van der Waals surface area (Å²) < 4.78 is 16.3. The quantitative estimate of drug-likeness (QED) is 0.438. The summed E-state index contributed by atoms with van der Waals surface area (Å²) in [5.41, 5.74) is 2.12. The van der Waals surface area contributed by atoms with Gasteiger partial charge in [-0.25, -0.2) is 0 Å². The van der Waals surface area contributed by atoms with Gasteiger partial charge in [-0.2, -0.15) is 0 Å². The molecule has 0 atom stereocenters. The average molecular weight is 356 g/mol. The van der Waals surface area contributed by atoms with Gasteiger partial charge in [0, 0.05) is 17.4 Å². The molecule has 0 spiro atoms. The number of rotatable bonds is 8. The molecule has 0 N–H and O–H groups in total. The molecule has 0 saturated carbocycles. The fourth-order valence-electron chi connectivity index (χ4n) is 2.40. The van der Waals surface area contributed by atoms with E-state index in [0.717, 1.165) is 24.2 Å². The second-order valence-electron chi connectivity index (χ2n) is 5.41. The number of thioether (sulfide) groups is 1. The monoisotopic (exact) mass is 356 g/mol. The minimum absolute atomic E-state index is 0.461. The van der Waals surface area contributed by atoms with E-state index in [1.165, 1.54) is 5.56 Å². The van der Waals surface area contributed by atoms with Crippen molar-refractivity contribution in [2.75, 3.05) is 20.0 Å². The smallest absolute Gasteiger partial charge is 0.276 e. The third-order valence-corrected chi connectivity index (χ3v) is 4.59. The lowest BCUT2D eigenvalue weighted by molar-refractivity contribution is 0.394. The molecule has 2 aromatic carbocycles. The van der Waals surface area contributed by atoms with Gasteiger partial charge < -0.3 is 13.9 Å². The second-order valence-corrected chi connectivity index (χ2v) is 6.46. The van der Waals surface area contributed by atoms with Gasteiger partial charge in [0.15, 0.2) is 0 Å². The Kier molecular flexibility index (Phi) is 5.95. The van der Waals surface area contributed by atoms with Crippen molar-refractivity contribution in [1.82, 2.24) is 10.2 Å². The molecule has 1 heterocycles. The zero-order chi connectivity index (χ0) is 17.5. The van der Waals surface area contributed by atoms with Crippen LogP contribution in [0.3, 0.4) is 0 Å². The molecule has 0 fully saturated rings. The first-order valence-corrected chi connectivity index (χ1v) is 9.00. The van der Waals surface area contributed by atoms with Crippen LogP contribution >= 0.6 is 11.8 Å². The van der Waals surface area contributed by atoms with Crippen LogP contribution in [0.4, 0.5) is 0 Å². The normalized spacial score (nSPS) is 10.6. The summed E-state index contributed by atoms with van der Waals surface area (Å²) >= 11 is 1.57. The third-order valence-electron chi connectivity index (χ3n) is 3.68. The Balaban J connectivity index is 1.59. The molecule has 0 aliphatic rings. The van der Waals surface area contributed by atoms with Gasteiger partial charge in [0.1, 0.15) is 11.5 Å². The first-order chi connectivity index (χ1) is 12.3. The highest BCUT2D eigenvalue weighted by Gasteiger charge is 2.12. The number of aryl methyl sites for hydroxylation is 1. The molecule has 0 bridgehead atoms. The van der Waals surface area contributed by atoms with Crippen LogP contribution in [-0.2, 0) is 6.42 Å². The highest BCUT2D eigenvalue weighted by atomic mass is 32.2. The van der Waals surface area contributed by atoms with Crippen molar-refractivity contribution in [2.45, 2.75) is 18.1 Å². The first kappa shape index (κ1) is 17.4. The maximum Gasteiger partial charge on any atom is 0.276 e. The predicted octanol–water partition coefficient (Wildman–Crippen LogP) is 4.48. The maximum absolute atomic E-state index is 5.75. The van der Waals surface area contributed by atoms with Gasteiger partial charge in [0.2, 0.25) is 5.89 Å². The Labute approximate surface area is 151 Å². The Hall–Kier alpha value is -2.47. The van der Waals surface area contributed by atoms with Gasteiger partial charge >= 0.3 is 0 Å². The molecule has 0 radical (unpaired) electrons. The summed E-state index contributed by atoms with van der Waals surface area (Å²) in [6.07, 6.45) is 2.10. The van der Waals surface area contributed by atoms with Gasteiger partial charge in [0.05, 0.1) is 14.2 Å². The lowest BCUT2D eigenvalue weighted by atomic mass is 10.1. The van der Waals surface area contributed by atoms with Crippen molar-refractivity contribution in [3.8, 4) is 23.0 Å². The summed E-state index contributed by atoms with van der Waals surface area (Å²) in [6.45, 7) is 0. The molecule has 0 aliphatic heterocycles. The molecule has 0 amide bonds. The molecule has 6 heteroatoms. The van der Waals surface area contributed by atoms with Gasteiger partial charge in [-0.05, 0) is 30.5 Å². The summed E-state index contributed by atoms with van der Waals surface area (Å²) in [4.78, 5) is 0. The fourth-order valence-corrected chi connectivity index (χ4v) is 3.10. The number of methoxy groups -OCH3 is 2. The lowest BCUT2D eigenvalue weighted by Crippen LogP contribution is -1.88. The van der Waals surface area contributed by atoms with Crippen LogP contribution in [0.5, 0.6) is 11.5 Å². The zero-order valence-corrected chi connectivity index (χ0v) is 15.1. The van der Waals surface area contributed by atoms with E-state index in [2.05, 4.69) is 34.5 Å². The maximum atomic E-state index is 5.75. The molecule has 130 valence electrons. The van der Waals surface area contributed by atoms with Crippen LogP contribution < -0.4 is 9.47 Å². The number of nitrogens with zero attached hydrogens (tertiary/aromatic N) is 2. The van der Waals surface area contributed by atoms with Gasteiger partial charge in [-0.1, -0.05) is 42.1 Å². The zero-order valence-electron chi connectivity index (χ0n) is 14.3. The second kappa shape index (κ2) is 8.58. The van der Waals surface area contributed by atoms with Gasteiger partial charge in [0.25, 0.3) is 5.22 Å². The minimum Gasteiger partial charge on any atom is -0.497 e. The molecule has 1 aromatic heterocycles. The number of aromatic nitrogens is 2. The van der Waals surface area contributed by atoms with Crippen LogP contribution in [0, 0.1) is 0 Å². The summed E-state index contributed by atoms with van der Waals surface area (Å²) in [5, 5.41) is 8.81. The van der Waals surface area contributed by atoms with E-state index >= 15 is 0 Å². The summed E-state index contributed by atoms with van der Waals surface area (Å²) in [6, 6.07) is 16.0. The fraction of sp³-hybridized carbons (Fsp3) is 0.263. The van der Waals surface area contributed by atoms with Crippen molar-refractivity contribution in [3.63, 3.8) is 0 Å². The molecule has 25 heavy (non-hydrogen) atoms. The minimum atomic E-state index is 0.461. The van der Waals surface area contributed by atoms with E-state index in [9.17, 15) is 0 Å². The van der Waals surface area contributed by atoms with E-state index in [1.807, 2.05) is 18.2 Å². The van der Waals surface area contributed by atoms with Crippen molar-refractivity contribution >= 4 is 11.8 Å². The molecule has 3 rings (SSSR count). The van der Waals surface area contributed by atoms with E-state index in [4.69, 9.17) is 13.9 Å². The number of hydrogen-bond donors (Lipinski definition) is 0. The number of ether oxygens (including phenoxy) is 2. The standard InChI is InChI=1S/C19H20N2O3S/c1-22-16-11-15(12-17(13-16)23-2)18-20-21-19(24-18)25-10-6-9-14-7-4-3-5-8-14/h3-5,7-8,11-13H,6,9-10H2,1-2H3. The third kappa shape index (κ3) is 4.76. The van der Waals surface area contributed by atoms with E-state index < -0.39 is 0 Å². The highest BCUT2D eigenvalue weighted by Crippen LogP contribution is 2.30. The average Bonchev–Trinajstić information content (AvgIpc) is 3.14. The number of benzene rings is 2.